The van der Waals surface area contributed by atoms with Gasteiger partial charge in [-0.3, -0.25) is 4.79 Å². The fraction of sp³-hybridized carbons (Fsp3) is 0.778. The maximum absolute atomic E-state index is 10.8. The molecule has 0 spiro atoms. The summed E-state index contributed by atoms with van der Waals surface area (Å²) in [7, 11) is 0. The third-order valence-electron chi connectivity index (χ3n) is 1.62. The van der Waals surface area contributed by atoms with Gasteiger partial charge in [-0.25, -0.2) is 0 Å². The van der Waals surface area contributed by atoms with E-state index in [9.17, 15) is 4.79 Å². The topological polar surface area (TPSA) is 50.1 Å². The van der Waals surface area contributed by atoms with Gasteiger partial charge in [0.05, 0.1) is 6.07 Å². The molecule has 1 unspecified atom stereocenters. The molecule has 3 heteroatoms. The monoisotopic (exact) mass is 169 g/mol. The predicted octanol–water partition coefficient (Wildman–Crippen LogP) is 2.02. The number of nitriles is 1. The van der Waals surface area contributed by atoms with Crippen molar-refractivity contribution in [3.05, 3.63) is 0 Å². The molecule has 0 aliphatic heterocycles. The van der Waals surface area contributed by atoms with Crippen LogP contribution in [0, 0.1) is 11.3 Å². The Morgan fingerprint density at radius 2 is 2.25 bits per heavy atom. The van der Waals surface area contributed by atoms with Crippen LogP contribution >= 0.6 is 0 Å². The standard InChI is InChI=1S/C9H15NO2/c1-3-8(6-5-7-10)12-9(11)4-2/h8H,3-6H2,1-2H3. The van der Waals surface area contributed by atoms with Gasteiger partial charge in [-0.2, -0.15) is 5.26 Å². The molecule has 0 heterocycles. The first kappa shape index (κ1) is 11.0. The Balaban J connectivity index is 3.68. The van der Waals surface area contributed by atoms with Crippen molar-refractivity contribution in [2.45, 2.75) is 45.6 Å². The highest BCUT2D eigenvalue weighted by Crippen LogP contribution is 2.07. The van der Waals surface area contributed by atoms with Gasteiger partial charge in [-0.05, 0) is 12.8 Å². The zero-order valence-electron chi connectivity index (χ0n) is 7.67. The highest BCUT2D eigenvalue weighted by atomic mass is 16.5. The van der Waals surface area contributed by atoms with Crippen LogP contribution in [0.25, 0.3) is 0 Å². The van der Waals surface area contributed by atoms with E-state index < -0.39 is 0 Å². The van der Waals surface area contributed by atoms with Gasteiger partial charge < -0.3 is 4.74 Å². The van der Waals surface area contributed by atoms with Crippen LogP contribution in [0.3, 0.4) is 0 Å². The molecular formula is C9H15NO2. The molecule has 0 amide bonds. The van der Waals surface area contributed by atoms with Crippen molar-refractivity contribution in [2.75, 3.05) is 0 Å². The van der Waals surface area contributed by atoms with Gasteiger partial charge in [0, 0.05) is 12.8 Å². The van der Waals surface area contributed by atoms with Crippen molar-refractivity contribution in [3.8, 4) is 6.07 Å². The third kappa shape index (κ3) is 4.73. The molecule has 3 nitrogen and oxygen atoms in total. The summed E-state index contributed by atoms with van der Waals surface area (Å²) < 4.78 is 5.06. The number of carbonyl (C=O) groups is 1. The molecule has 0 radical (unpaired) electrons. The lowest BCUT2D eigenvalue weighted by molar-refractivity contribution is -0.149. The van der Waals surface area contributed by atoms with E-state index in [-0.39, 0.29) is 12.1 Å². The molecule has 68 valence electrons. The number of rotatable bonds is 5. The van der Waals surface area contributed by atoms with E-state index in [1.165, 1.54) is 0 Å². The first-order valence-electron chi connectivity index (χ1n) is 4.31. The largest absolute Gasteiger partial charge is 0.462 e. The Morgan fingerprint density at radius 1 is 1.58 bits per heavy atom. The zero-order chi connectivity index (χ0) is 9.40. The summed E-state index contributed by atoms with van der Waals surface area (Å²) in [5.41, 5.74) is 0. The summed E-state index contributed by atoms with van der Waals surface area (Å²) in [5, 5.41) is 8.31. The minimum absolute atomic E-state index is 0.0721. The zero-order valence-corrected chi connectivity index (χ0v) is 7.67. The van der Waals surface area contributed by atoms with E-state index in [1.807, 2.05) is 13.0 Å². The van der Waals surface area contributed by atoms with Gasteiger partial charge in [-0.15, -0.1) is 0 Å². The molecule has 0 aliphatic carbocycles. The minimum atomic E-state index is -0.181. The maximum atomic E-state index is 10.8. The van der Waals surface area contributed by atoms with Crippen LogP contribution in [-0.2, 0) is 9.53 Å². The average molecular weight is 169 g/mol. The Hall–Kier alpha value is -1.04. The summed E-state index contributed by atoms with van der Waals surface area (Å²) in [5.74, 6) is -0.181. The Labute approximate surface area is 73.3 Å². The molecule has 0 aliphatic rings. The van der Waals surface area contributed by atoms with E-state index in [0.717, 1.165) is 6.42 Å². The molecule has 0 saturated carbocycles. The number of carbonyl (C=O) groups excluding carboxylic acids is 1. The summed E-state index contributed by atoms with van der Waals surface area (Å²) >= 11 is 0. The molecule has 0 fully saturated rings. The second-order valence-corrected chi connectivity index (χ2v) is 2.57. The minimum Gasteiger partial charge on any atom is -0.462 e. The van der Waals surface area contributed by atoms with Crippen LogP contribution in [-0.4, -0.2) is 12.1 Å². The molecule has 12 heavy (non-hydrogen) atoms. The highest BCUT2D eigenvalue weighted by Gasteiger charge is 2.09. The van der Waals surface area contributed by atoms with Crippen molar-refractivity contribution >= 4 is 5.97 Å². The lowest BCUT2D eigenvalue weighted by Gasteiger charge is -2.13. The number of hydrogen-bond donors (Lipinski definition) is 0. The smallest absolute Gasteiger partial charge is 0.305 e. The molecule has 0 aromatic heterocycles. The van der Waals surface area contributed by atoms with Gasteiger partial charge in [0.2, 0.25) is 0 Å². The predicted molar refractivity (Wildman–Crippen MR) is 45.3 cm³/mol. The normalized spacial score (nSPS) is 11.8. The fourth-order valence-electron chi connectivity index (χ4n) is 0.841. The van der Waals surface area contributed by atoms with Crippen LogP contribution in [0.5, 0.6) is 0 Å². The maximum Gasteiger partial charge on any atom is 0.305 e. The van der Waals surface area contributed by atoms with Crippen LogP contribution in [0.1, 0.15) is 39.5 Å². The summed E-state index contributed by atoms with van der Waals surface area (Å²) in [4.78, 5) is 10.8. The summed E-state index contributed by atoms with van der Waals surface area (Å²) in [6.07, 6.45) is 2.22. The molecule has 0 aromatic rings. The fourth-order valence-corrected chi connectivity index (χ4v) is 0.841. The number of hydrogen-bond acceptors (Lipinski definition) is 3. The Morgan fingerprint density at radius 3 is 2.67 bits per heavy atom. The SMILES string of the molecule is CCC(=O)OC(CC)CCC#N. The molecular weight excluding hydrogens is 154 g/mol. The average Bonchev–Trinajstić information content (AvgIpc) is 2.11. The highest BCUT2D eigenvalue weighted by molar-refractivity contribution is 5.69. The lowest BCUT2D eigenvalue weighted by atomic mass is 10.1. The van der Waals surface area contributed by atoms with Crippen LogP contribution in [0.15, 0.2) is 0 Å². The molecule has 0 saturated heterocycles. The Bertz CT molecular complexity index is 172. The van der Waals surface area contributed by atoms with Gasteiger partial charge in [-0.1, -0.05) is 13.8 Å². The molecule has 1 atom stereocenters. The van der Waals surface area contributed by atoms with Gasteiger partial charge in [0.1, 0.15) is 6.10 Å². The molecule has 0 N–H and O–H groups in total. The van der Waals surface area contributed by atoms with Crippen molar-refractivity contribution in [1.29, 1.82) is 5.26 Å². The molecule has 0 bridgehead atoms. The van der Waals surface area contributed by atoms with Crippen LogP contribution in [0.4, 0.5) is 0 Å². The van der Waals surface area contributed by atoms with Gasteiger partial charge in [0.25, 0.3) is 0 Å². The third-order valence-corrected chi connectivity index (χ3v) is 1.62. The van der Waals surface area contributed by atoms with Crippen LogP contribution < -0.4 is 0 Å². The van der Waals surface area contributed by atoms with Crippen LogP contribution in [0.2, 0.25) is 0 Å². The summed E-state index contributed by atoms with van der Waals surface area (Å²) in [6.45, 7) is 3.71. The van der Waals surface area contributed by atoms with E-state index >= 15 is 0 Å². The van der Waals surface area contributed by atoms with Crippen molar-refractivity contribution in [2.24, 2.45) is 0 Å². The number of esters is 1. The van der Waals surface area contributed by atoms with E-state index in [2.05, 4.69) is 0 Å². The lowest BCUT2D eigenvalue weighted by Crippen LogP contribution is -2.16. The first-order chi connectivity index (χ1) is 5.74. The van der Waals surface area contributed by atoms with Crippen molar-refractivity contribution < 1.29 is 9.53 Å². The van der Waals surface area contributed by atoms with E-state index in [4.69, 9.17) is 10.00 Å². The molecule has 0 rings (SSSR count). The van der Waals surface area contributed by atoms with Gasteiger partial charge in [0.15, 0.2) is 0 Å². The summed E-state index contributed by atoms with van der Waals surface area (Å²) in [6, 6.07) is 2.03. The quantitative estimate of drug-likeness (QED) is 0.591. The van der Waals surface area contributed by atoms with Crippen molar-refractivity contribution in [1.82, 2.24) is 0 Å². The second-order valence-electron chi connectivity index (χ2n) is 2.57. The van der Waals surface area contributed by atoms with E-state index in [1.54, 1.807) is 6.92 Å². The first-order valence-corrected chi connectivity index (χ1v) is 4.31. The number of ether oxygens (including phenoxy) is 1. The second kappa shape index (κ2) is 6.66. The number of nitrogens with zero attached hydrogens (tertiary/aromatic N) is 1. The molecule has 0 aromatic carbocycles. The van der Waals surface area contributed by atoms with Gasteiger partial charge >= 0.3 is 5.97 Å². The Kier molecular flexibility index (Phi) is 6.08. The van der Waals surface area contributed by atoms with E-state index in [0.29, 0.717) is 19.3 Å². The van der Waals surface area contributed by atoms with Crippen molar-refractivity contribution in [3.63, 3.8) is 0 Å².